The van der Waals surface area contributed by atoms with Crippen LogP contribution >= 0.6 is 0 Å². The van der Waals surface area contributed by atoms with Crippen LogP contribution in [0.25, 0.3) is 0 Å². The fourth-order valence-corrected chi connectivity index (χ4v) is 4.55. The highest BCUT2D eigenvalue weighted by molar-refractivity contribution is 6.06. The lowest BCUT2D eigenvalue weighted by Gasteiger charge is -2.29. The van der Waals surface area contributed by atoms with Gasteiger partial charge in [-0.1, -0.05) is 37.3 Å². The number of rotatable bonds is 6. The molecule has 0 radical (unpaired) electrons. The van der Waals surface area contributed by atoms with Gasteiger partial charge in [-0.2, -0.15) is 0 Å². The van der Waals surface area contributed by atoms with E-state index in [1.165, 1.54) is 4.90 Å². The lowest BCUT2D eigenvalue weighted by atomic mass is 9.74. The second-order valence-corrected chi connectivity index (χ2v) is 7.57. The minimum atomic E-state index is -1.08. The van der Waals surface area contributed by atoms with Crippen molar-refractivity contribution in [3.05, 3.63) is 35.9 Å². The van der Waals surface area contributed by atoms with Crippen LogP contribution in [0, 0.1) is 17.8 Å². The Morgan fingerprint density at radius 1 is 1.07 bits per heavy atom. The number of aliphatic carboxylic acids is 1. The van der Waals surface area contributed by atoms with Gasteiger partial charge in [-0.3, -0.25) is 24.1 Å². The molecule has 1 aromatic rings. The molecule has 28 heavy (non-hydrogen) atoms. The van der Waals surface area contributed by atoms with Crippen LogP contribution in [-0.4, -0.2) is 52.1 Å². The Kier molecular flexibility index (Phi) is 4.66. The molecule has 8 nitrogen and oxygen atoms in total. The van der Waals surface area contributed by atoms with Crippen LogP contribution in [0.1, 0.15) is 25.3 Å². The van der Waals surface area contributed by atoms with Crippen LogP contribution < -0.4 is 0 Å². The number of fused-ring (bicyclic) bond motifs is 5. The first-order chi connectivity index (χ1) is 13.4. The summed E-state index contributed by atoms with van der Waals surface area (Å²) in [5.74, 6) is -3.71. The molecule has 3 aliphatic heterocycles. The highest BCUT2D eigenvalue weighted by Crippen LogP contribution is 2.52. The highest BCUT2D eigenvalue weighted by Gasteiger charge is 2.68. The summed E-state index contributed by atoms with van der Waals surface area (Å²) in [6, 6.07) is 9.28. The van der Waals surface area contributed by atoms with E-state index in [1.807, 2.05) is 37.3 Å². The molecule has 3 heterocycles. The molecule has 4 rings (SSSR count). The maximum atomic E-state index is 13.0. The molecule has 3 saturated heterocycles. The topological polar surface area (TPSA) is 110 Å². The lowest BCUT2D eigenvalue weighted by Crippen LogP contribution is -2.45. The van der Waals surface area contributed by atoms with Gasteiger partial charge in [0.2, 0.25) is 11.8 Å². The van der Waals surface area contributed by atoms with Gasteiger partial charge in [-0.25, -0.2) is 0 Å². The summed E-state index contributed by atoms with van der Waals surface area (Å²) in [5, 5.41) is 8.70. The number of carboxylic acid groups (broad SMARTS) is 1. The number of esters is 1. The third-order valence-electron chi connectivity index (χ3n) is 5.87. The second-order valence-electron chi connectivity index (χ2n) is 7.57. The van der Waals surface area contributed by atoms with Gasteiger partial charge in [-0.05, 0) is 5.56 Å². The maximum absolute atomic E-state index is 13.0. The minimum absolute atomic E-state index is 0.211. The highest BCUT2D eigenvalue weighted by atomic mass is 16.6. The first-order valence-corrected chi connectivity index (χ1v) is 9.34. The minimum Gasteiger partial charge on any atom is -0.481 e. The van der Waals surface area contributed by atoms with Crippen molar-refractivity contribution in [3.63, 3.8) is 0 Å². The van der Waals surface area contributed by atoms with Crippen molar-refractivity contribution in [1.29, 1.82) is 0 Å². The number of carbonyl (C=O) groups excluding carboxylic acids is 3. The molecule has 0 spiro atoms. The van der Waals surface area contributed by atoms with Crippen molar-refractivity contribution in [2.45, 2.75) is 44.6 Å². The monoisotopic (exact) mass is 387 g/mol. The third-order valence-corrected chi connectivity index (χ3v) is 5.87. The third kappa shape index (κ3) is 2.97. The molecule has 1 aromatic carbocycles. The molecule has 0 saturated carbocycles. The van der Waals surface area contributed by atoms with Gasteiger partial charge >= 0.3 is 11.9 Å². The van der Waals surface area contributed by atoms with Crippen LogP contribution in [-0.2, 0) is 35.2 Å². The summed E-state index contributed by atoms with van der Waals surface area (Å²) in [7, 11) is 0. The van der Waals surface area contributed by atoms with Crippen molar-refractivity contribution in [2.75, 3.05) is 0 Å². The smallest absolute Gasteiger partial charge is 0.306 e. The summed E-state index contributed by atoms with van der Waals surface area (Å²) in [6.07, 6.45) is -2.36. The average molecular weight is 387 g/mol. The fraction of sp³-hybridized carbons (Fsp3) is 0.500. The predicted octanol–water partition coefficient (Wildman–Crippen LogP) is 0.981. The number of imide groups is 1. The van der Waals surface area contributed by atoms with Crippen LogP contribution in [0.15, 0.2) is 30.3 Å². The zero-order valence-electron chi connectivity index (χ0n) is 15.3. The Bertz CT molecular complexity index is 823. The van der Waals surface area contributed by atoms with Crippen molar-refractivity contribution in [2.24, 2.45) is 17.8 Å². The maximum Gasteiger partial charge on any atom is 0.306 e. The molecule has 0 aliphatic carbocycles. The molecule has 8 heteroatoms. The number of ether oxygens (including phenoxy) is 2. The number of benzene rings is 1. The Balaban J connectivity index is 1.48. The standard InChI is InChI=1S/C20H21NO7/c1-10-16-14-15(18(28-16)17(10)27-13(24)8-7-12(22)23)20(26)21(19(14)25)9-11-5-3-2-4-6-11/h2-6,10,14-18H,7-9H2,1H3,(H,22,23)/t10-,14?,15?,16-,17?,18?/m1/s1. The molecule has 6 atom stereocenters. The van der Waals surface area contributed by atoms with Gasteiger partial charge in [0, 0.05) is 5.92 Å². The Hall–Kier alpha value is -2.74. The first kappa shape index (κ1) is 18.6. The molecule has 3 fully saturated rings. The number of carboxylic acids is 1. The molecule has 1 N–H and O–H groups in total. The summed E-state index contributed by atoms with van der Waals surface area (Å²) >= 11 is 0. The Morgan fingerprint density at radius 2 is 1.71 bits per heavy atom. The zero-order valence-corrected chi connectivity index (χ0v) is 15.3. The second kappa shape index (κ2) is 7.01. The summed E-state index contributed by atoms with van der Waals surface area (Å²) in [5.41, 5.74) is 0.863. The van der Waals surface area contributed by atoms with Gasteiger partial charge < -0.3 is 14.6 Å². The zero-order chi connectivity index (χ0) is 20.0. The van der Waals surface area contributed by atoms with E-state index in [1.54, 1.807) is 0 Å². The van der Waals surface area contributed by atoms with Crippen molar-refractivity contribution >= 4 is 23.8 Å². The molecule has 2 bridgehead atoms. The van der Waals surface area contributed by atoms with Gasteiger partial charge in [0.1, 0.15) is 12.2 Å². The van der Waals surface area contributed by atoms with Gasteiger partial charge in [-0.15, -0.1) is 0 Å². The van der Waals surface area contributed by atoms with E-state index in [2.05, 4.69) is 0 Å². The van der Waals surface area contributed by atoms with Crippen molar-refractivity contribution in [1.82, 2.24) is 4.90 Å². The van der Waals surface area contributed by atoms with Crippen LogP contribution in [0.3, 0.4) is 0 Å². The van der Waals surface area contributed by atoms with Gasteiger partial charge in [0.05, 0.1) is 37.3 Å². The van der Waals surface area contributed by atoms with Gasteiger partial charge in [0.25, 0.3) is 0 Å². The number of amides is 2. The van der Waals surface area contributed by atoms with Crippen LogP contribution in [0.2, 0.25) is 0 Å². The quantitative estimate of drug-likeness (QED) is 0.572. The Labute approximate surface area is 161 Å². The lowest BCUT2D eigenvalue weighted by molar-refractivity contribution is -0.158. The van der Waals surface area contributed by atoms with Crippen LogP contribution in [0.5, 0.6) is 0 Å². The average Bonchev–Trinajstić information content (AvgIpc) is 3.28. The largest absolute Gasteiger partial charge is 0.481 e. The van der Waals surface area contributed by atoms with Gasteiger partial charge in [0.15, 0.2) is 0 Å². The van der Waals surface area contributed by atoms with Crippen LogP contribution in [0.4, 0.5) is 0 Å². The number of hydrogen-bond acceptors (Lipinski definition) is 6. The molecule has 148 valence electrons. The molecule has 3 aliphatic rings. The van der Waals surface area contributed by atoms with E-state index in [-0.39, 0.29) is 37.1 Å². The van der Waals surface area contributed by atoms with E-state index in [0.29, 0.717) is 0 Å². The first-order valence-electron chi connectivity index (χ1n) is 9.34. The SMILES string of the molecule is C[C@H]1C(OC(=O)CCC(=O)O)C2O[C@H]1C1C(=O)N(Cc3ccccc3)C(=O)C21. The van der Waals surface area contributed by atoms with E-state index in [4.69, 9.17) is 14.6 Å². The van der Waals surface area contributed by atoms with E-state index in [9.17, 15) is 19.2 Å². The Morgan fingerprint density at radius 3 is 2.36 bits per heavy atom. The van der Waals surface area contributed by atoms with Crippen molar-refractivity contribution < 1.29 is 33.8 Å². The fourth-order valence-electron chi connectivity index (χ4n) is 4.55. The molecule has 0 aromatic heterocycles. The number of hydrogen-bond donors (Lipinski definition) is 1. The summed E-state index contributed by atoms with van der Waals surface area (Å²) in [4.78, 5) is 49.7. The molecule has 4 unspecified atom stereocenters. The normalized spacial score (nSPS) is 33.2. The summed E-state index contributed by atoms with van der Waals surface area (Å²) in [6.45, 7) is 2.04. The number of carbonyl (C=O) groups is 4. The molecular formula is C20H21NO7. The predicted molar refractivity (Wildman–Crippen MR) is 93.6 cm³/mol. The van der Waals surface area contributed by atoms with Crippen molar-refractivity contribution in [3.8, 4) is 0 Å². The number of likely N-dealkylation sites (tertiary alicyclic amines) is 1. The molecule has 2 amide bonds. The summed E-state index contributed by atoms with van der Waals surface area (Å²) < 4.78 is 11.3. The number of nitrogens with zero attached hydrogens (tertiary/aromatic N) is 1. The van der Waals surface area contributed by atoms with E-state index < -0.39 is 42.1 Å². The van der Waals surface area contributed by atoms with E-state index >= 15 is 0 Å². The molecular weight excluding hydrogens is 366 g/mol. The van der Waals surface area contributed by atoms with E-state index in [0.717, 1.165) is 5.56 Å².